The molecule has 25 heavy (non-hydrogen) atoms. The minimum absolute atomic E-state index is 0.479. The number of aliphatic hydroxyl groups is 1. The molecule has 4 rings (SSSR count). The van der Waals surface area contributed by atoms with Crippen molar-refractivity contribution in [2.45, 2.75) is 26.4 Å². The molecule has 0 fully saturated rings. The first-order valence-electron chi connectivity index (χ1n) is 7.93. The first-order valence-corrected chi connectivity index (χ1v) is 7.93. The summed E-state index contributed by atoms with van der Waals surface area (Å²) in [5.74, 6) is 0.522. The molecule has 0 aliphatic carbocycles. The van der Waals surface area contributed by atoms with Crippen LogP contribution in [0.25, 0.3) is 22.2 Å². The number of fused-ring (bicyclic) bond motifs is 3. The number of aromatic nitrogens is 3. The van der Waals surface area contributed by atoms with E-state index in [1.807, 2.05) is 31.2 Å². The van der Waals surface area contributed by atoms with Gasteiger partial charge in [0.15, 0.2) is 5.82 Å². The Morgan fingerprint density at radius 3 is 2.56 bits per heavy atom. The lowest BCUT2D eigenvalue weighted by Gasteiger charge is -2.18. The molecule has 2 N–H and O–H groups in total. The van der Waals surface area contributed by atoms with Crippen LogP contribution in [-0.4, -0.2) is 20.3 Å². The van der Waals surface area contributed by atoms with Crippen LogP contribution in [0.3, 0.4) is 0 Å². The number of hydrogen-bond donors (Lipinski definition) is 2. The van der Waals surface area contributed by atoms with Crippen LogP contribution in [-0.2, 0) is 5.60 Å². The van der Waals surface area contributed by atoms with Gasteiger partial charge in [-0.3, -0.25) is 5.10 Å². The molecular weight excluding hydrogens is 314 g/mol. The van der Waals surface area contributed by atoms with Gasteiger partial charge in [0, 0.05) is 17.1 Å². The van der Waals surface area contributed by atoms with Gasteiger partial charge in [-0.1, -0.05) is 24.3 Å². The van der Waals surface area contributed by atoms with Crippen molar-refractivity contribution in [1.29, 1.82) is 5.26 Å². The maximum Gasteiger partial charge on any atom is 0.163 e. The van der Waals surface area contributed by atoms with Crippen LogP contribution in [0.4, 0.5) is 5.82 Å². The number of nitrogens with zero attached hydrogens (tertiary/aromatic N) is 4. The van der Waals surface area contributed by atoms with Gasteiger partial charge < -0.3 is 5.11 Å². The summed E-state index contributed by atoms with van der Waals surface area (Å²) in [6.07, 6.45) is 1.73. The van der Waals surface area contributed by atoms with Crippen LogP contribution in [0.5, 0.6) is 0 Å². The number of H-pyrrole nitrogens is 1. The summed E-state index contributed by atoms with van der Waals surface area (Å²) in [6.45, 7) is 5.36. The van der Waals surface area contributed by atoms with Gasteiger partial charge in [-0.2, -0.15) is 10.4 Å². The first-order chi connectivity index (χ1) is 11.9. The number of benzene rings is 1. The average molecular weight is 330 g/mol. The Labute approximate surface area is 144 Å². The summed E-state index contributed by atoms with van der Waals surface area (Å²) in [4.78, 5) is 4.39. The third kappa shape index (κ3) is 2.29. The third-order valence-corrected chi connectivity index (χ3v) is 4.47. The fourth-order valence-corrected chi connectivity index (χ4v) is 3.05. The highest BCUT2D eigenvalue weighted by Crippen LogP contribution is 2.41. The van der Waals surface area contributed by atoms with Gasteiger partial charge in [-0.15, -0.1) is 0 Å². The average Bonchev–Trinajstić information content (AvgIpc) is 3.14. The summed E-state index contributed by atoms with van der Waals surface area (Å²) in [7, 11) is 0. The first kappa shape index (κ1) is 15.4. The van der Waals surface area contributed by atoms with E-state index in [-0.39, 0.29) is 0 Å². The van der Waals surface area contributed by atoms with Crippen LogP contribution in [0.2, 0.25) is 0 Å². The molecule has 1 aliphatic heterocycles. The van der Waals surface area contributed by atoms with Gasteiger partial charge in [0.2, 0.25) is 0 Å². The summed E-state index contributed by atoms with van der Waals surface area (Å²) < 4.78 is 0. The Morgan fingerprint density at radius 2 is 1.92 bits per heavy atom. The molecule has 1 radical (unpaired) electrons. The minimum Gasteiger partial charge on any atom is -0.386 e. The van der Waals surface area contributed by atoms with Gasteiger partial charge in [-0.25, -0.2) is 10.3 Å². The Bertz CT molecular complexity index is 1060. The van der Waals surface area contributed by atoms with Crippen molar-refractivity contribution in [3.8, 4) is 6.07 Å². The smallest absolute Gasteiger partial charge is 0.163 e. The Balaban J connectivity index is 1.87. The normalized spacial score (nSPS) is 13.7. The predicted molar refractivity (Wildman–Crippen MR) is 94.5 cm³/mol. The van der Waals surface area contributed by atoms with E-state index >= 15 is 0 Å². The second kappa shape index (κ2) is 5.16. The minimum atomic E-state index is -0.915. The lowest BCUT2D eigenvalue weighted by molar-refractivity contribution is 0.0786. The van der Waals surface area contributed by atoms with Crippen LogP contribution < -0.4 is 5.32 Å². The molecule has 0 saturated carbocycles. The lowest BCUT2D eigenvalue weighted by atomic mass is 9.96. The van der Waals surface area contributed by atoms with Crippen LogP contribution >= 0.6 is 0 Å². The number of aryl methyl sites for hydroxylation is 1. The summed E-state index contributed by atoms with van der Waals surface area (Å²) in [6, 6.07) is 9.69. The monoisotopic (exact) mass is 330 g/mol. The Kier molecular flexibility index (Phi) is 3.17. The molecule has 3 heterocycles. The highest BCUT2D eigenvalue weighted by molar-refractivity contribution is 6.11. The summed E-state index contributed by atoms with van der Waals surface area (Å²) >= 11 is 0. The summed E-state index contributed by atoms with van der Waals surface area (Å²) in [5, 5.41) is 32.5. The fraction of sp³-hybridized carbons (Fsp3) is 0.211. The van der Waals surface area contributed by atoms with E-state index in [1.54, 1.807) is 20.0 Å². The van der Waals surface area contributed by atoms with Crippen molar-refractivity contribution in [1.82, 2.24) is 20.5 Å². The van der Waals surface area contributed by atoms with E-state index < -0.39 is 5.60 Å². The van der Waals surface area contributed by atoms with Crippen molar-refractivity contribution < 1.29 is 5.11 Å². The molecule has 0 bridgehead atoms. The molecule has 123 valence electrons. The standard InChI is InChI=1S/C19H16N5O/c1-10-14-9-21-18-15(17(14)24-23-10)13(8-20)16(22-18)11-4-6-12(7-5-11)19(2,3)25/h4-7,9,25H,1-3H3,(H,23,24). The van der Waals surface area contributed by atoms with Gasteiger partial charge in [-0.05, 0) is 26.3 Å². The zero-order valence-electron chi connectivity index (χ0n) is 14.1. The molecule has 6 heteroatoms. The predicted octanol–water partition coefficient (Wildman–Crippen LogP) is 3.14. The van der Waals surface area contributed by atoms with E-state index in [4.69, 9.17) is 0 Å². The number of aromatic amines is 1. The number of allylic oxidation sites excluding steroid dienone is 1. The highest BCUT2D eigenvalue weighted by Gasteiger charge is 2.29. The lowest BCUT2D eigenvalue weighted by Crippen LogP contribution is -2.15. The topological polar surface area (TPSA) is 99.7 Å². The molecular formula is C19H16N5O. The molecule has 0 atom stereocenters. The molecule has 2 aromatic heterocycles. The number of rotatable bonds is 2. The van der Waals surface area contributed by atoms with Gasteiger partial charge in [0.05, 0.1) is 33.6 Å². The van der Waals surface area contributed by atoms with E-state index in [0.717, 1.165) is 27.7 Å². The van der Waals surface area contributed by atoms with Crippen molar-refractivity contribution >= 4 is 28.0 Å². The van der Waals surface area contributed by atoms with Crippen molar-refractivity contribution in [3.63, 3.8) is 0 Å². The molecule has 3 aromatic rings. The van der Waals surface area contributed by atoms with E-state index in [1.165, 1.54) is 0 Å². The van der Waals surface area contributed by atoms with Crippen molar-refractivity contribution in [3.05, 3.63) is 52.8 Å². The second-order valence-electron chi connectivity index (χ2n) is 6.64. The summed E-state index contributed by atoms with van der Waals surface area (Å²) in [5.41, 5.74) is 4.09. The number of hydrogen-bond acceptors (Lipinski definition) is 4. The number of pyridine rings is 1. The van der Waals surface area contributed by atoms with Crippen LogP contribution in [0, 0.1) is 18.3 Å². The van der Waals surface area contributed by atoms with Gasteiger partial charge in [0.1, 0.15) is 6.07 Å². The molecule has 0 unspecified atom stereocenters. The van der Waals surface area contributed by atoms with Gasteiger partial charge >= 0.3 is 0 Å². The van der Waals surface area contributed by atoms with Crippen LogP contribution in [0.15, 0.2) is 30.5 Å². The third-order valence-electron chi connectivity index (χ3n) is 4.47. The van der Waals surface area contributed by atoms with E-state index in [2.05, 4.69) is 26.6 Å². The molecule has 0 spiro atoms. The molecule has 6 nitrogen and oxygen atoms in total. The Morgan fingerprint density at radius 1 is 1.20 bits per heavy atom. The molecule has 1 aromatic carbocycles. The highest BCUT2D eigenvalue weighted by atomic mass is 16.3. The second-order valence-corrected chi connectivity index (χ2v) is 6.64. The zero-order valence-corrected chi connectivity index (χ0v) is 14.1. The molecule has 0 saturated heterocycles. The van der Waals surface area contributed by atoms with E-state index in [0.29, 0.717) is 22.7 Å². The quantitative estimate of drug-likeness (QED) is 0.754. The maximum atomic E-state index is 10.1. The fourth-order valence-electron chi connectivity index (χ4n) is 3.05. The van der Waals surface area contributed by atoms with E-state index in [9.17, 15) is 10.4 Å². The maximum absolute atomic E-state index is 10.1. The van der Waals surface area contributed by atoms with Crippen molar-refractivity contribution in [2.75, 3.05) is 0 Å². The number of nitrogens with one attached hydrogen (secondary N) is 1. The molecule has 0 amide bonds. The SMILES string of the molecule is Cc1n[nH]c2c3c(ncc12)[N]C(c1ccc(C(C)(C)O)cc1)=C3C#N. The Hall–Kier alpha value is -3.17. The largest absolute Gasteiger partial charge is 0.386 e. The van der Waals surface area contributed by atoms with Gasteiger partial charge in [0.25, 0.3) is 0 Å². The van der Waals surface area contributed by atoms with Crippen molar-refractivity contribution in [2.24, 2.45) is 0 Å². The molecule has 1 aliphatic rings. The van der Waals surface area contributed by atoms with Crippen LogP contribution in [0.1, 0.15) is 36.2 Å². The zero-order chi connectivity index (χ0) is 17.8. The number of nitriles is 1.